The molecular weight excluding hydrogens is 1380 g/mol. The lowest BCUT2D eigenvalue weighted by atomic mass is 9.80. The Morgan fingerprint density at radius 1 is 0.340 bits per heavy atom. The molecule has 20 nitrogen and oxygen atoms in total. The molecule has 4 amide bonds. The Bertz CT molecular complexity index is 4260. The maximum Gasteiger partial charge on any atom is 0.503 e. The number of imide groups is 2. The number of amides is 4. The highest BCUT2D eigenvalue weighted by Gasteiger charge is 2.48. The van der Waals surface area contributed by atoms with Crippen LogP contribution in [-0.2, 0) is 67.3 Å². The lowest BCUT2D eigenvalue weighted by molar-refractivity contribution is -0.149. The Kier molecular flexibility index (Phi) is 22.3. The zero-order valence-corrected chi connectivity index (χ0v) is 66.6. The highest BCUT2D eigenvalue weighted by molar-refractivity contribution is 6.61. The van der Waals surface area contributed by atoms with Gasteiger partial charge in [-0.2, -0.15) is 0 Å². The molecule has 560 valence electrons. The molecule has 0 N–H and O–H groups in total. The van der Waals surface area contributed by atoms with Crippen LogP contribution in [0.2, 0.25) is 12.1 Å². The average molecular weight is 1480 g/mol. The Hall–Kier alpha value is -9.11. The number of nitrogens with zero attached hydrogens (tertiary/aromatic N) is 2. The van der Waals surface area contributed by atoms with Gasteiger partial charge in [-0.15, -0.1) is 0 Å². The minimum Gasteiger partial charge on any atom is -0.464 e. The van der Waals surface area contributed by atoms with Crippen molar-refractivity contribution in [2.75, 3.05) is 55.9 Å². The van der Waals surface area contributed by atoms with Gasteiger partial charge in [-0.3, -0.25) is 29.0 Å². The SMILES string of the molecule is CCCC(C(=O)OCC[Si](OC)(OC)OC)N1C(=O)c2cc(Oc3ccc(C(C)(C)C)cc3)c3c4c(Oc5ccc(C(C)(C)C)cc5)cc5c6c(cc(Oc7ccc(C(C)(C)C)cc7)c(c7c(Oc8ccc(C(C)(C)C)cc8)cc(c2c37)C1=O)c64)C(=O)N(C(CCC)C(=O)OCC[Si](OC)(OC)OC)C5=O. The summed E-state index contributed by atoms with van der Waals surface area (Å²) in [5.74, 6) is -3.30. The van der Waals surface area contributed by atoms with Crippen molar-refractivity contribution < 1.29 is 83.7 Å². The summed E-state index contributed by atoms with van der Waals surface area (Å²) in [4.78, 5) is 97.1. The van der Waals surface area contributed by atoms with Gasteiger partial charge < -0.3 is 55.0 Å². The van der Waals surface area contributed by atoms with Gasteiger partial charge >= 0.3 is 29.5 Å². The molecule has 0 aliphatic carbocycles. The van der Waals surface area contributed by atoms with E-state index in [1.54, 1.807) is 24.3 Å². The van der Waals surface area contributed by atoms with E-state index in [9.17, 15) is 9.59 Å². The van der Waals surface area contributed by atoms with Crippen molar-refractivity contribution >= 4 is 96.3 Å². The zero-order chi connectivity index (χ0) is 76.9. The number of fused-ring (bicyclic) bond motifs is 2. The fraction of sp³-hybridized carbons (Fsp3) is 0.405. The zero-order valence-electron chi connectivity index (χ0n) is 64.6. The number of ether oxygens (including phenoxy) is 6. The lowest BCUT2D eigenvalue weighted by Crippen LogP contribution is -2.51. The van der Waals surface area contributed by atoms with Crippen molar-refractivity contribution in [3.63, 3.8) is 0 Å². The molecule has 9 aromatic rings. The van der Waals surface area contributed by atoms with Crippen molar-refractivity contribution in [2.45, 2.75) is 168 Å². The monoisotopic (exact) mass is 1480 g/mol. The maximum absolute atomic E-state index is 16.3. The third kappa shape index (κ3) is 14.9. The molecule has 0 spiro atoms. The molecule has 2 aliphatic rings. The summed E-state index contributed by atoms with van der Waals surface area (Å²) in [5, 5.41) is 1.99. The molecule has 0 saturated carbocycles. The van der Waals surface area contributed by atoms with E-state index in [0.29, 0.717) is 35.8 Å². The first kappa shape index (κ1) is 78.0. The molecule has 9 aromatic carbocycles. The van der Waals surface area contributed by atoms with Crippen molar-refractivity contribution in [1.29, 1.82) is 0 Å². The first-order valence-corrected chi connectivity index (χ1v) is 39.9. The minimum absolute atomic E-state index is 0.0143. The molecule has 2 atom stereocenters. The van der Waals surface area contributed by atoms with Gasteiger partial charge in [0.15, 0.2) is 0 Å². The summed E-state index contributed by atoms with van der Waals surface area (Å²) in [6.07, 6.45) is 0.732. The second-order valence-corrected chi connectivity index (χ2v) is 37.4. The Morgan fingerprint density at radius 2 is 0.557 bits per heavy atom. The van der Waals surface area contributed by atoms with Gasteiger partial charge in [0.25, 0.3) is 23.6 Å². The van der Waals surface area contributed by atoms with Crippen LogP contribution in [0.1, 0.15) is 186 Å². The summed E-state index contributed by atoms with van der Waals surface area (Å²) in [6.45, 7) is 28.5. The van der Waals surface area contributed by atoms with Gasteiger partial charge in [-0.05, 0) is 130 Å². The fourth-order valence-corrected chi connectivity index (χ4v) is 17.1. The normalized spacial score (nSPS) is 14.4. The smallest absolute Gasteiger partial charge is 0.464 e. The van der Waals surface area contributed by atoms with Crippen LogP contribution in [0.4, 0.5) is 0 Å². The third-order valence-corrected chi connectivity index (χ3v) is 25.6. The van der Waals surface area contributed by atoms with E-state index in [1.165, 1.54) is 42.7 Å². The topological polar surface area (TPSA) is 220 Å². The molecule has 2 heterocycles. The second kappa shape index (κ2) is 30.3. The molecule has 0 bridgehead atoms. The Labute approximate surface area is 622 Å². The van der Waals surface area contributed by atoms with E-state index in [4.69, 9.17) is 55.0 Å². The highest BCUT2D eigenvalue weighted by Crippen LogP contribution is 2.58. The van der Waals surface area contributed by atoms with Crippen LogP contribution < -0.4 is 18.9 Å². The second-order valence-electron chi connectivity index (χ2n) is 31.2. The maximum atomic E-state index is 16.3. The molecule has 0 saturated heterocycles. The molecule has 11 rings (SSSR count). The van der Waals surface area contributed by atoms with E-state index < -0.39 is 65.3 Å². The van der Waals surface area contributed by atoms with Gasteiger partial charge in [-0.25, -0.2) is 9.59 Å². The van der Waals surface area contributed by atoms with E-state index >= 15 is 19.2 Å². The molecule has 106 heavy (non-hydrogen) atoms. The Balaban J connectivity index is 1.31. The van der Waals surface area contributed by atoms with Crippen LogP contribution >= 0.6 is 0 Å². The molecule has 0 aromatic heterocycles. The van der Waals surface area contributed by atoms with Gasteiger partial charge in [0, 0.05) is 85.7 Å². The molecular formula is C84H98N2O18Si2. The predicted octanol–water partition coefficient (Wildman–Crippen LogP) is 18.5. The van der Waals surface area contributed by atoms with Crippen LogP contribution in [0.25, 0.3) is 43.1 Å². The van der Waals surface area contributed by atoms with E-state index in [0.717, 1.165) is 32.1 Å². The molecule has 2 aliphatic heterocycles. The standard InChI is InChI=1S/C84H98N2O18Si2/c1-21-23-61(79(91)99-41-43-105(93-15,94-16)95-17)85-75(87)57-45-63(101-53-33-25-49(26-34-53)81(3,4)5)69-71-65(103-55-37-29-51(30-38-55)83(9,10)11)47-59-68-60(78(90)86(77(59)89)62(24-22-2)80(92)100-42-44-106(96-18,97-19)98-20)48-66(104-56-39-31-52(32-40-56)84(12,13)14)72(74(68)71)70-64(46-58(76(85)88)67(57)73(69)70)102-54-35-27-50(28-36-54)82(6,7)8/h25-40,45-48,61-62H,21-24,41-44H2,1-20H3. The van der Waals surface area contributed by atoms with E-state index in [-0.39, 0.29) is 148 Å². The first-order valence-electron chi connectivity index (χ1n) is 36.0. The van der Waals surface area contributed by atoms with Crippen LogP contribution in [-0.4, -0.2) is 131 Å². The molecule has 0 radical (unpaired) electrons. The van der Waals surface area contributed by atoms with E-state index in [2.05, 4.69) is 83.1 Å². The van der Waals surface area contributed by atoms with Crippen molar-refractivity contribution in [2.24, 2.45) is 0 Å². The van der Waals surface area contributed by atoms with Crippen LogP contribution in [0, 0.1) is 0 Å². The van der Waals surface area contributed by atoms with Crippen LogP contribution in [0.15, 0.2) is 121 Å². The van der Waals surface area contributed by atoms with Crippen molar-refractivity contribution in [1.82, 2.24) is 9.80 Å². The molecule has 2 unspecified atom stereocenters. The summed E-state index contributed by atoms with van der Waals surface area (Å²) in [5.41, 5.74) is 2.87. The number of esters is 2. The van der Waals surface area contributed by atoms with Crippen LogP contribution in [0.3, 0.4) is 0 Å². The average Bonchev–Trinajstić information content (AvgIpc) is 0.669. The fourth-order valence-electron chi connectivity index (χ4n) is 14.1. The Morgan fingerprint density at radius 3 is 0.745 bits per heavy atom. The van der Waals surface area contributed by atoms with E-state index in [1.807, 2.05) is 111 Å². The summed E-state index contributed by atoms with van der Waals surface area (Å²) in [6, 6.07) is 33.9. The summed E-state index contributed by atoms with van der Waals surface area (Å²) < 4.78 is 75.2. The summed E-state index contributed by atoms with van der Waals surface area (Å²) >= 11 is 0. The first-order chi connectivity index (χ1) is 50.1. The highest BCUT2D eigenvalue weighted by atomic mass is 28.4. The number of carbonyl (C=O) groups is 6. The number of hydrogen-bond acceptors (Lipinski definition) is 18. The van der Waals surface area contributed by atoms with Gasteiger partial charge in [-0.1, -0.05) is 158 Å². The number of hydrogen-bond donors (Lipinski definition) is 0. The third-order valence-electron chi connectivity index (χ3n) is 20.2. The van der Waals surface area contributed by atoms with Crippen LogP contribution in [0.5, 0.6) is 46.0 Å². The van der Waals surface area contributed by atoms with Gasteiger partial charge in [0.2, 0.25) is 0 Å². The predicted molar refractivity (Wildman–Crippen MR) is 412 cm³/mol. The number of benzene rings is 9. The molecule has 0 fully saturated rings. The van der Waals surface area contributed by atoms with Crippen molar-refractivity contribution in [3.05, 3.63) is 166 Å². The number of carbonyl (C=O) groups excluding carboxylic acids is 6. The largest absolute Gasteiger partial charge is 0.503 e. The molecule has 22 heteroatoms. The lowest BCUT2D eigenvalue weighted by Gasteiger charge is -2.35. The minimum atomic E-state index is -3.28. The van der Waals surface area contributed by atoms with Crippen molar-refractivity contribution in [3.8, 4) is 46.0 Å². The van der Waals surface area contributed by atoms with Gasteiger partial charge in [0.05, 0.1) is 47.6 Å². The van der Waals surface area contributed by atoms with Gasteiger partial charge in [0.1, 0.15) is 58.1 Å². The summed E-state index contributed by atoms with van der Waals surface area (Å²) in [7, 11) is 2.14. The number of rotatable bonds is 28. The quantitative estimate of drug-likeness (QED) is 0.0146.